The molecule has 0 heterocycles. The molecule has 2 aromatic carbocycles. The summed E-state index contributed by atoms with van der Waals surface area (Å²) in [6.07, 6.45) is 0. The lowest BCUT2D eigenvalue weighted by Crippen LogP contribution is -2.16. The third kappa shape index (κ3) is 3.17. The molecule has 0 saturated heterocycles. The molecule has 22 heavy (non-hydrogen) atoms. The van der Waals surface area contributed by atoms with Crippen molar-refractivity contribution in [3.8, 4) is 11.5 Å². The van der Waals surface area contributed by atoms with Crippen molar-refractivity contribution < 1.29 is 9.47 Å². The fourth-order valence-electron chi connectivity index (χ4n) is 1.96. The van der Waals surface area contributed by atoms with Crippen LogP contribution in [0.3, 0.4) is 0 Å². The SMILES string of the molecule is COc1ccc(C(=N\[O-])/C(=N/[O-])c2ccc(OC)cc2)cc1. The molecule has 0 fully saturated rings. The molecule has 0 amide bonds. The van der Waals surface area contributed by atoms with Gasteiger partial charge in [0.05, 0.1) is 25.6 Å². The molecule has 0 aliphatic rings. The van der Waals surface area contributed by atoms with Gasteiger partial charge in [-0.3, -0.25) is 0 Å². The zero-order valence-electron chi connectivity index (χ0n) is 12.1. The highest BCUT2D eigenvalue weighted by Gasteiger charge is 2.12. The molecule has 0 saturated carbocycles. The molecular formula is C16H14N2O4-2. The van der Waals surface area contributed by atoms with Crippen LogP contribution in [0.2, 0.25) is 0 Å². The van der Waals surface area contributed by atoms with Crippen molar-refractivity contribution in [3.05, 3.63) is 70.1 Å². The van der Waals surface area contributed by atoms with E-state index < -0.39 is 0 Å². The third-order valence-corrected chi connectivity index (χ3v) is 3.13. The first-order chi connectivity index (χ1) is 10.7. The molecule has 2 rings (SSSR count). The van der Waals surface area contributed by atoms with Crippen molar-refractivity contribution in [2.24, 2.45) is 10.3 Å². The van der Waals surface area contributed by atoms with Crippen LogP contribution in [0, 0.1) is 10.4 Å². The first-order valence-corrected chi connectivity index (χ1v) is 6.43. The van der Waals surface area contributed by atoms with Gasteiger partial charge in [-0.1, -0.05) is 0 Å². The molecule has 0 aromatic heterocycles. The molecule has 6 nitrogen and oxygen atoms in total. The second kappa shape index (κ2) is 7.12. The Morgan fingerprint density at radius 3 is 1.23 bits per heavy atom. The number of nitrogens with zero attached hydrogens (tertiary/aromatic N) is 2. The summed E-state index contributed by atoms with van der Waals surface area (Å²) in [7, 11) is 3.08. The quantitative estimate of drug-likeness (QED) is 0.627. The monoisotopic (exact) mass is 298 g/mol. The Labute approximate surface area is 127 Å². The minimum Gasteiger partial charge on any atom is -0.791 e. The van der Waals surface area contributed by atoms with E-state index in [0.29, 0.717) is 22.6 Å². The lowest BCUT2D eigenvalue weighted by atomic mass is 10.00. The van der Waals surface area contributed by atoms with Gasteiger partial charge in [-0.2, -0.15) is 0 Å². The van der Waals surface area contributed by atoms with E-state index in [2.05, 4.69) is 10.3 Å². The van der Waals surface area contributed by atoms with Crippen LogP contribution in [0.4, 0.5) is 0 Å². The van der Waals surface area contributed by atoms with Crippen LogP contribution < -0.4 is 9.47 Å². The normalized spacial score (nSPS) is 12.1. The fraction of sp³-hybridized carbons (Fsp3) is 0.125. The molecule has 114 valence electrons. The molecule has 0 bridgehead atoms. The van der Waals surface area contributed by atoms with Gasteiger partial charge in [0.1, 0.15) is 11.5 Å². The van der Waals surface area contributed by atoms with E-state index in [1.165, 1.54) is 0 Å². The molecule has 0 aliphatic carbocycles. The number of hydrogen-bond acceptors (Lipinski definition) is 6. The Morgan fingerprint density at radius 2 is 1.00 bits per heavy atom. The highest BCUT2D eigenvalue weighted by Crippen LogP contribution is 2.17. The van der Waals surface area contributed by atoms with Crippen LogP contribution >= 0.6 is 0 Å². The average Bonchev–Trinajstić information content (AvgIpc) is 2.60. The highest BCUT2D eigenvalue weighted by atomic mass is 16.5. The summed E-state index contributed by atoms with van der Waals surface area (Å²) in [5, 5.41) is 28.3. The molecule has 0 atom stereocenters. The Balaban J connectivity index is 2.38. The van der Waals surface area contributed by atoms with Crippen LogP contribution in [0.1, 0.15) is 11.1 Å². The molecule has 0 radical (unpaired) electrons. The first-order valence-electron chi connectivity index (χ1n) is 6.43. The predicted octanol–water partition coefficient (Wildman–Crippen LogP) is 2.98. The lowest BCUT2D eigenvalue weighted by molar-refractivity contribution is 0.414. The van der Waals surface area contributed by atoms with E-state index in [-0.39, 0.29) is 11.4 Å². The Bertz CT molecular complexity index is 615. The van der Waals surface area contributed by atoms with E-state index in [1.807, 2.05) is 0 Å². The fourth-order valence-corrected chi connectivity index (χ4v) is 1.96. The molecule has 0 spiro atoms. The Morgan fingerprint density at radius 1 is 0.682 bits per heavy atom. The maximum absolute atomic E-state index is 11.2. The van der Waals surface area contributed by atoms with Gasteiger partial charge in [-0.05, 0) is 48.5 Å². The number of benzene rings is 2. The van der Waals surface area contributed by atoms with Gasteiger partial charge in [0.15, 0.2) is 0 Å². The minimum atomic E-state index is -0.0252. The summed E-state index contributed by atoms with van der Waals surface area (Å²) in [5.41, 5.74) is 0.924. The average molecular weight is 298 g/mol. The van der Waals surface area contributed by atoms with Crippen LogP contribution in [-0.2, 0) is 0 Å². The number of hydrogen-bond donors (Lipinski definition) is 0. The van der Waals surface area contributed by atoms with E-state index in [9.17, 15) is 10.4 Å². The van der Waals surface area contributed by atoms with Crippen LogP contribution in [-0.4, -0.2) is 25.6 Å². The number of ether oxygens (including phenoxy) is 2. The summed E-state index contributed by atoms with van der Waals surface area (Å²) in [5.74, 6) is 1.28. The van der Waals surface area contributed by atoms with Crippen molar-refractivity contribution in [1.29, 1.82) is 0 Å². The third-order valence-electron chi connectivity index (χ3n) is 3.13. The van der Waals surface area contributed by atoms with Gasteiger partial charge < -0.3 is 30.2 Å². The topological polar surface area (TPSA) is 89.3 Å². The van der Waals surface area contributed by atoms with E-state index >= 15 is 0 Å². The van der Waals surface area contributed by atoms with Crippen molar-refractivity contribution in [2.75, 3.05) is 14.2 Å². The molecule has 2 aromatic rings. The summed E-state index contributed by atoms with van der Waals surface area (Å²) in [4.78, 5) is 0. The van der Waals surface area contributed by atoms with Crippen molar-refractivity contribution in [1.82, 2.24) is 0 Å². The van der Waals surface area contributed by atoms with Crippen LogP contribution in [0.5, 0.6) is 11.5 Å². The number of methoxy groups -OCH3 is 2. The van der Waals surface area contributed by atoms with Gasteiger partial charge in [-0.15, -0.1) is 0 Å². The maximum Gasteiger partial charge on any atom is 0.118 e. The van der Waals surface area contributed by atoms with E-state index in [1.54, 1.807) is 62.8 Å². The summed E-state index contributed by atoms with van der Waals surface area (Å²) >= 11 is 0. The predicted molar refractivity (Wildman–Crippen MR) is 85.8 cm³/mol. The summed E-state index contributed by atoms with van der Waals surface area (Å²) < 4.78 is 10.1. The summed E-state index contributed by atoms with van der Waals surface area (Å²) in [6, 6.07) is 13.3. The van der Waals surface area contributed by atoms with Gasteiger partial charge >= 0.3 is 0 Å². The zero-order valence-corrected chi connectivity index (χ0v) is 12.1. The minimum absolute atomic E-state index is 0.0252. The Hall–Kier alpha value is -3.02. The number of rotatable bonds is 5. The smallest absolute Gasteiger partial charge is 0.118 e. The van der Waals surface area contributed by atoms with Gasteiger partial charge in [0, 0.05) is 11.1 Å². The Kier molecular flexibility index (Phi) is 4.98. The van der Waals surface area contributed by atoms with Crippen molar-refractivity contribution >= 4 is 11.4 Å². The molecule has 6 heteroatoms. The van der Waals surface area contributed by atoms with Crippen molar-refractivity contribution in [3.63, 3.8) is 0 Å². The largest absolute Gasteiger partial charge is 0.791 e. The molecule has 0 N–H and O–H groups in total. The second-order valence-corrected chi connectivity index (χ2v) is 4.34. The van der Waals surface area contributed by atoms with Crippen LogP contribution in [0.15, 0.2) is 58.8 Å². The molecule has 0 aliphatic heterocycles. The van der Waals surface area contributed by atoms with E-state index in [4.69, 9.17) is 9.47 Å². The lowest BCUT2D eigenvalue weighted by Gasteiger charge is -2.15. The second-order valence-electron chi connectivity index (χ2n) is 4.34. The summed E-state index contributed by atoms with van der Waals surface area (Å²) in [6.45, 7) is 0. The highest BCUT2D eigenvalue weighted by molar-refractivity contribution is 6.53. The molecule has 0 unspecified atom stereocenters. The van der Waals surface area contributed by atoms with Crippen molar-refractivity contribution in [2.45, 2.75) is 0 Å². The zero-order chi connectivity index (χ0) is 15.9. The van der Waals surface area contributed by atoms with Gasteiger partial charge in [0.25, 0.3) is 0 Å². The van der Waals surface area contributed by atoms with Crippen LogP contribution in [0.25, 0.3) is 0 Å². The van der Waals surface area contributed by atoms with Gasteiger partial charge in [-0.25, -0.2) is 0 Å². The maximum atomic E-state index is 11.2. The standard InChI is InChI=1S/C16H16N2O4/c1-21-13-7-3-11(4-8-13)15(17-19)16(18-20)12-5-9-14(22-2)10-6-12/h3-10,19-20H,1-2H3/p-2/b17-15+,18-16+. The van der Waals surface area contributed by atoms with Gasteiger partial charge in [0.2, 0.25) is 0 Å². The first kappa shape index (κ1) is 15.4. The van der Waals surface area contributed by atoms with E-state index in [0.717, 1.165) is 0 Å². The molecular weight excluding hydrogens is 284 g/mol.